The number of hydrogen-bond acceptors (Lipinski definition) is 5. The van der Waals surface area contributed by atoms with Gasteiger partial charge in [-0.05, 0) is 19.9 Å². The highest BCUT2D eigenvalue weighted by atomic mass is 32.2. The van der Waals surface area contributed by atoms with Crippen molar-refractivity contribution in [3.63, 3.8) is 0 Å². The number of likely N-dealkylation sites (N-methyl/N-ethyl adjacent to an activating group) is 1. The van der Waals surface area contributed by atoms with Crippen molar-refractivity contribution in [3.8, 4) is 0 Å². The number of aliphatic hydroxyl groups is 1. The van der Waals surface area contributed by atoms with Gasteiger partial charge >= 0.3 is 0 Å². The van der Waals surface area contributed by atoms with Crippen LogP contribution in [0.25, 0.3) is 0 Å². The molecule has 2 rings (SSSR count). The number of hydrogen-bond donors (Lipinski definition) is 2. The molecule has 0 aliphatic heterocycles. The Morgan fingerprint density at radius 1 is 1.58 bits per heavy atom. The summed E-state index contributed by atoms with van der Waals surface area (Å²) in [6, 6.07) is 0.622. The van der Waals surface area contributed by atoms with Crippen LogP contribution in [0.1, 0.15) is 12.8 Å². The Balaban J connectivity index is 1.85. The van der Waals surface area contributed by atoms with Crippen molar-refractivity contribution < 1.29 is 13.5 Å². The van der Waals surface area contributed by atoms with Gasteiger partial charge in [-0.1, -0.05) is 0 Å². The molecule has 0 aromatic carbocycles. The number of aromatic nitrogens is 2. The van der Waals surface area contributed by atoms with Crippen LogP contribution < -0.4 is 4.72 Å². The third-order valence-electron chi connectivity index (χ3n) is 3.18. The summed E-state index contributed by atoms with van der Waals surface area (Å²) in [6.07, 6.45) is 5.13. The van der Waals surface area contributed by atoms with Gasteiger partial charge in [-0.3, -0.25) is 4.68 Å². The minimum Gasteiger partial charge on any atom is -0.394 e. The van der Waals surface area contributed by atoms with Crippen LogP contribution in [0.3, 0.4) is 0 Å². The van der Waals surface area contributed by atoms with Crippen molar-refractivity contribution in [1.82, 2.24) is 19.4 Å². The fraction of sp³-hybridized carbons (Fsp3) is 0.727. The highest BCUT2D eigenvalue weighted by Gasteiger charge is 2.26. The second-order valence-corrected chi connectivity index (χ2v) is 6.54. The van der Waals surface area contributed by atoms with Crippen LogP contribution >= 0.6 is 0 Å². The Labute approximate surface area is 113 Å². The Morgan fingerprint density at radius 2 is 2.32 bits per heavy atom. The smallest absolute Gasteiger partial charge is 0.243 e. The Morgan fingerprint density at radius 3 is 2.95 bits per heavy atom. The lowest BCUT2D eigenvalue weighted by Crippen LogP contribution is -2.33. The lowest BCUT2D eigenvalue weighted by atomic mass is 10.5. The molecular weight excluding hydrogens is 268 g/mol. The normalized spacial score (nSPS) is 16.2. The van der Waals surface area contributed by atoms with E-state index < -0.39 is 10.0 Å². The van der Waals surface area contributed by atoms with Crippen LogP contribution in [-0.4, -0.2) is 61.0 Å². The maximum absolute atomic E-state index is 12.0. The van der Waals surface area contributed by atoms with Gasteiger partial charge in [-0.25, -0.2) is 13.1 Å². The standard InChI is InChI=1S/C11H20N4O3S/c1-14(10-2-3-10)5-4-13-19(17,18)11-8-12-15(9-11)6-7-16/h8-10,13,16H,2-7H2,1H3. The van der Waals surface area contributed by atoms with E-state index >= 15 is 0 Å². The molecule has 19 heavy (non-hydrogen) atoms. The summed E-state index contributed by atoms with van der Waals surface area (Å²) in [5.74, 6) is 0. The maximum Gasteiger partial charge on any atom is 0.243 e. The highest BCUT2D eigenvalue weighted by molar-refractivity contribution is 7.89. The van der Waals surface area contributed by atoms with Gasteiger partial charge < -0.3 is 10.0 Å². The van der Waals surface area contributed by atoms with Crippen molar-refractivity contribution in [2.45, 2.75) is 30.3 Å². The molecule has 0 bridgehead atoms. The average Bonchev–Trinajstić information content (AvgIpc) is 3.09. The van der Waals surface area contributed by atoms with E-state index in [2.05, 4.69) is 14.7 Å². The second kappa shape index (κ2) is 6.00. The minimum absolute atomic E-state index is 0.0687. The lowest BCUT2D eigenvalue weighted by Gasteiger charge is -2.15. The number of nitrogens with zero attached hydrogens (tertiary/aromatic N) is 3. The Bertz CT molecular complexity index is 510. The molecule has 0 amide bonds. The summed E-state index contributed by atoms with van der Waals surface area (Å²) >= 11 is 0. The van der Waals surface area contributed by atoms with Crippen molar-refractivity contribution in [1.29, 1.82) is 0 Å². The first-order chi connectivity index (χ1) is 9.03. The van der Waals surface area contributed by atoms with Crippen molar-refractivity contribution in [2.24, 2.45) is 0 Å². The van der Waals surface area contributed by atoms with Crippen LogP contribution in [-0.2, 0) is 16.6 Å². The maximum atomic E-state index is 12.0. The van der Waals surface area contributed by atoms with E-state index in [1.165, 1.54) is 29.9 Å². The van der Waals surface area contributed by atoms with Crippen LogP contribution in [0.2, 0.25) is 0 Å². The quantitative estimate of drug-likeness (QED) is 0.657. The zero-order valence-electron chi connectivity index (χ0n) is 11.0. The zero-order chi connectivity index (χ0) is 13.9. The Hall–Kier alpha value is -0.960. The van der Waals surface area contributed by atoms with Crippen LogP contribution in [0.5, 0.6) is 0 Å². The summed E-state index contributed by atoms with van der Waals surface area (Å²) in [5.41, 5.74) is 0. The van der Waals surface area contributed by atoms with Crippen molar-refractivity contribution in [3.05, 3.63) is 12.4 Å². The van der Waals surface area contributed by atoms with Gasteiger partial charge in [-0.15, -0.1) is 0 Å². The molecule has 1 aliphatic rings. The fourth-order valence-corrected chi connectivity index (χ4v) is 2.82. The summed E-state index contributed by atoms with van der Waals surface area (Å²) in [5, 5.41) is 12.6. The van der Waals surface area contributed by atoms with Gasteiger partial charge in [0.1, 0.15) is 4.90 Å². The molecule has 1 saturated carbocycles. The predicted molar refractivity (Wildman–Crippen MR) is 70.2 cm³/mol. The molecule has 8 heteroatoms. The number of sulfonamides is 1. The molecule has 0 atom stereocenters. The average molecular weight is 288 g/mol. The third kappa shape index (κ3) is 4.00. The van der Waals surface area contributed by atoms with E-state index in [1.54, 1.807) is 0 Å². The van der Waals surface area contributed by atoms with Crippen molar-refractivity contribution in [2.75, 3.05) is 26.7 Å². The van der Waals surface area contributed by atoms with Gasteiger partial charge in [0.25, 0.3) is 0 Å². The van der Waals surface area contributed by atoms with Gasteiger partial charge in [0.15, 0.2) is 0 Å². The van der Waals surface area contributed by atoms with E-state index in [1.807, 2.05) is 7.05 Å². The monoisotopic (exact) mass is 288 g/mol. The van der Waals surface area contributed by atoms with Crippen molar-refractivity contribution >= 4 is 10.0 Å². The molecule has 1 aliphatic carbocycles. The molecule has 1 aromatic heterocycles. The number of aliphatic hydroxyl groups excluding tert-OH is 1. The summed E-state index contributed by atoms with van der Waals surface area (Å²) < 4.78 is 27.9. The summed E-state index contributed by atoms with van der Waals surface area (Å²) in [7, 11) is -1.50. The molecule has 1 heterocycles. The SMILES string of the molecule is CN(CCNS(=O)(=O)c1cnn(CCO)c1)C1CC1. The van der Waals surface area contributed by atoms with E-state index in [0.717, 1.165) is 0 Å². The van der Waals surface area contributed by atoms with E-state index in [4.69, 9.17) is 5.11 Å². The number of nitrogens with one attached hydrogen (secondary N) is 1. The first-order valence-corrected chi connectivity index (χ1v) is 7.84. The molecule has 0 radical (unpaired) electrons. The Kier molecular flexibility index (Phi) is 4.56. The van der Waals surface area contributed by atoms with Crippen LogP contribution in [0.15, 0.2) is 17.3 Å². The second-order valence-electron chi connectivity index (χ2n) is 4.77. The zero-order valence-corrected chi connectivity index (χ0v) is 11.8. The highest BCUT2D eigenvalue weighted by Crippen LogP contribution is 2.24. The lowest BCUT2D eigenvalue weighted by molar-refractivity contribution is 0.269. The molecule has 0 spiro atoms. The summed E-state index contributed by atoms with van der Waals surface area (Å²) in [4.78, 5) is 2.30. The predicted octanol–water partition coefficient (Wildman–Crippen LogP) is -0.752. The molecule has 1 fully saturated rings. The van der Waals surface area contributed by atoms with Gasteiger partial charge in [0, 0.05) is 25.3 Å². The molecule has 0 saturated heterocycles. The van der Waals surface area contributed by atoms with Crippen LogP contribution in [0.4, 0.5) is 0 Å². The first-order valence-electron chi connectivity index (χ1n) is 6.36. The van der Waals surface area contributed by atoms with E-state index in [-0.39, 0.29) is 11.5 Å². The molecular formula is C11H20N4O3S. The van der Waals surface area contributed by atoms with Gasteiger partial charge in [0.05, 0.1) is 19.3 Å². The summed E-state index contributed by atoms with van der Waals surface area (Å²) in [6.45, 7) is 1.32. The van der Waals surface area contributed by atoms with Gasteiger partial charge in [0.2, 0.25) is 10.0 Å². The molecule has 1 aromatic rings. The van der Waals surface area contributed by atoms with E-state index in [0.29, 0.717) is 25.7 Å². The fourth-order valence-electron chi connectivity index (χ4n) is 1.85. The largest absolute Gasteiger partial charge is 0.394 e. The topological polar surface area (TPSA) is 87.5 Å². The van der Waals surface area contributed by atoms with E-state index in [9.17, 15) is 8.42 Å². The third-order valence-corrected chi connectivity index (χ3v) is 4.59. The van der Waals surface area contributed by atoms with Gasteiger partial charge in [-0.2, -0.15) is 5.10 Å². The minimum atomic E-state index is -3.50. The molecule has 0 unspecified atom stereocenters. The molecule has 108 valence electrons. The molecule has 2 N–H and O–H groups in total. The number of rotatable bonds is 8. The van der Waals surface area contributed by atoms with Crippen LogP contribution in [0, 0.1) is 0 Å². The molecule has 7 nitrogen and oxygen atoms in total. The first kappa shape index (κ1) is 14.4.